The number of hydrogen-bond donors (Lipinski definition) is 2. The number of hydrogen-bond acceptors (Lipinski definition) is 5. The fourth-order valence-electron chi connectivity index (χ4n) is 3.92. The van der Waals surface area contributed by atoms with Crippen molar-refractivity contribution in [3.63, 3.8) is 0 Å². The highest BCUT2D eigenvalue weighted by atomic mass is 16.1. The molecule has 0 bridgehead atoms. The Kier molecular flexibility index (Phi) is 4.62. The smallest absolute Gasteiger partial charge is 0.258 e. The molecule has 0 amide bonds. The number of nitrogens with zero attached hydrogens (tertiary/aromatic N) is 5. The van der Waals surface area contributed by atoms with Crippen molar-refractivity contribution in [1.29, 1.82) is 0 Å². The first-order chi connectivity index (χ1) is 15.4. The van der Waals surface area contributed by atoms with E-state index >= 15 is 0 Å². The third kappa shape index (κ3) is 3.35. The molecule has 4 heterocycles. The number of aromatic nitrogens is 6. The minimum absolute atomic E-state index is 0.0415. The van der Waals surface area contributed by atoms with Gasteiger partial charge in [0, 0.05) is 61.1 Å². The summed E-state index contributed by atoms with van der Waals surface area (Å²) in [5.74, 6) is 1.47. The normalized spacial score (nSPS) is 11.2. The minimum Gasteiger partial charge on any atom is -0.339 e. The lowest BCUT2D eigenvalue weighted by Gasteiger charge is -2.13. The van der Waals surface area contributed by atoms with Gasteiger partial charge in [-0.15, -0.1) is 0 Å². The summed E-state index contributed by atoms with van der Waals surface area (Å²) in [5, 5.41) is 11.6. The van der Waals surface area contributed by atoms with Gasteiger partial charge >= 0.3 is 0 Å². The minimum atomic E-state index is -0.0415. The first-order valence-electron chi connectivity index (χ1n) is 10.3. The number of pyridine rings is 2. The van der Waals surface area contributed by atoms with E-state index < -0.39 is 0 Å². The van der Waals surface area contributed by atoms with Crippen LogP contribution in [0.2, 0.25) is 0 Å². The van der Waals surface area contributed by atoms with Gasteiger partial charge in [-0.05, 0) is 49.2 Å². The van der Waals surface area contributed by atoms with Gasteiger partial charge in [-0.2, -0.15) is 5.10 Å². The number of anilines is 2. The molecule has 1 aromatic carbocycles. The Balaban J connectivity index is 1.53. The Morgan fingerprint density at radius 3 is 2.62 bits per heavy atom. The molecule has 0 aliphatic rings. The molecule has 8 heteroatoms. The van der Waals surface area contributed by atoms with Crippen molar-refractivity contribution in [2.45, 2.75) is 13.8 Å². The summed E-state index contributed by atoms with van der Waals surface area (Å²) in [7, 11) is 3.73. The third-order valence-electron chi connectivity index (χ3n) is 5.68. The topological polar surface area (TPSA) is 93.4 Å². The third-order valence-corrected chi connectivity index (χ3v) is 5.68. The zero-order valence-corrected chi connectivity index (χ0v) is 18.3. The van der Waals surface area contributed by atoms with Crippen LogP contribution in [0, 0.1) is 13.8 Å². The van der Waals surface area contributed by atoms with E-state index in [1.54, 1.807) is 17.8 Å². The molecular formula is C24H23N7O. The van der Waals surface area contributed by atoms with Crippen molar-refractivity contribution in [2.75, 3.05) is 5.32 Å². The van der Waals surface area contributed by atoms with Crippen LogP contribution in [0.3, 0.4) is 0 Å². The number of rotatable bonds is 4. The second-order valence-electron chi connectivity index (χ2n) is 7.99. The molecule has 32 heavy (non-hydrogen) atoms. The van der Waals surface area contributed by atoms with Crippen LogP contribution in [0.25, 0.3) is 33.5 Å². The van der Waals surface area contributed by atoms with Gasteiger partial charge in [0.25, 0.3) is 5.56 Å². The molecule has 5 rings (SSSR count). The SMILES string of the molecule is Cc1cc2c(cn1)cc(-c1cc(Nc3cc(-c4nccn4C)[nH]n3)ccc1C)c(=O)n2C. The Morgan fingerprint density at radius 2 is 1.84 bits per heavy atom. The van der Waals surface area contributed by atoms with Gasteiger partial charge in [-0.1, -0.05) is 6.07 Å². The predicted molar refractivity (Wildman–Crippen MR) is 126 cm³/mol. The van der Waals surface area contributed by atoms with Crippen LogP contribution in [0.15, 0.2) is 59.8 Å². The highest BCUT2D eigenvalue weighted by Gasteiger charge is 2.13. The Labute approximate surface area is 184 Å². The molecule has 2 N–H and O–H groups in total. The zero-order chi connectivity index (χ0) is 22.4. The monoisotopic (exact) mass is 425 g/mol. The Morgan fingerprint density at radius 1 is 1.00 bits per heavy atom. The second-order valence-corrected chi connectivity index (χ2v) is 7.99. The van der Waals surface area contributed by atoms with E-state index in [2.05, 4.69) is 25.5 Å². The summed E-state index contributed by atoms with van der Waals surface area (Å²) in [6.07, 6.45) is 5.45. The Hall–Kier alpha value is -4.20. The van der Waals surface area contributed by atoms with E-state index in [-0.39, 0.29) is 5.56 Å². The number of H-pyrrole nitrogens is 1. The van der Waals surface area contributed by atoms with E-state index in [4.69, 9.17) is 0 Å². The van der Waals surface area contributed by atoms with Crippen molar-refractivity contribution in [2.24, 2.45) is 14.1 Å². The first kappa shape index (κ1) is 19.7. The van der Waals surface area contributed by atoms with Crippen LogP contribution in [-0.2, 0) is 14.1 Å². The van der Waals surface area contributed by atoms with Crippen LogP contribution in [-0.4, -0.2) is 29.3 Å². The van der Waals surface area contributed by atoms with Gasteiger partial charge in [0.05, 0.1) is 5.52 Å². The fraction of sp³-hybridized carbons (Fsp3) is 0.167. The predicted octanol–water partition coefficient (Wildman–Crippen LogP) is 4.08. The standard InChI is InChI=1S/C24H23N7O/c1-14-5-6-17(27-22-12-20(28-29-22)23-25-7-8-30(23)3)11-18(14)19-10-16-13-26-15(2)9-21(16)31(4)24(19)32/h5-13H,1-4H3,(H2,27,28,29). The highest BCUT2D eigenvalue weighted by molar-refractivity contribution is 5.85. The van der Waals surface area contributed by atoms with E-state index in [1.807, 2.05) is 74.3 Å². The van der Waals surface area contributed by atoms with E-state index in [0.717, 1.165) is 44.9 Å². The van der Waals surface area contributed by atoms with Gasteiger partial charge in [-0.3, -0.25) is 14.9 Å². The van der Waals surface area contributed by atoms with Gasteiger partial charge in [0.1, 0.15) is 5.69 Å². The number of nitrogens with one attached hydrogen (secondary N) is 2. The quantitative estimate of drug-likeness (QED) is 0.452. The molecule has 0 aliphatic carbocycles. The molecule has 0 saturated heterocycles. The largest absolute Gasteiger partial charge is 0.339 e. The van der Waals surface area contributed by atoms with Gasteiger partial charge in [0.15, 0.2) is 11.6 Å². The molecular weight excluding hydrogens is 402 g/mol. The summed E-state index contributed by atoms with van der Waals surface area (Å²) in [4.78, 5) is 21.9. The zero-order valence-electron chi connectivity index (χ0n) is 18.3. The lowest BCUT2D eigenvalue weighted by atomic mass is 9.99. The number of aromatic amines is 1. The molecule has 4 aromatic heterocycles. The van der Waals surface area contributed by atoms with E-state index in [0.29, 0.717) is 11.4 Å². The van der Waals surface area contributed by atoms with Crippen molar-refractivity contribution in [3.8, 4) is 22.6 Å². The van der Waals surface area contributed by atoms with E-state index in [1.165, 1.54) is 0 Å². The summed E-state index contributed by atoms with van der Waals surface area (Å²) >= 11 is 0. The van der Waals surface area contributed by atoms with Gasteiger partial charge in [0.2, 0.25) is 0 Å². The number of benzene rings is 1. The lowest BCUT2D eigenvalue weighted by molar-refractivity contribution is 0.905. The number of aryl methyl sites for hydroxylation is 4. The van der Waals surface area contributed by atoms with Crippen molar-refractivity contribution in [1.82, 2.24) is 29.3 Å². The molecule has 0 radical (unpaired) electrons. The number of fused-ring (bicyclic) bond motifs is 1. The molecule has 0 fully saturated rings. The van der Waals surface area contributed by atoms with Crippen LogP contribution in [0.5, 0.6) is 0 Å². The van der Waals surface area contributed by atoms with E-state index in [9.17, 15) is 4.79 Å². The lowest BCUT2D eigenvalue weighted by Crippen LogP contribution is -2.19. The molecule has 0 aliphatic heterocycles. The summed E-state index contributed by atoms with van der Waals surface area (Å²) in [6, 6.07) is 11.7. The summed E-state index contributed by atoms with van der Waals surface area (Å²) in [5.41, 5.74) is 5.90. The fourth-order valence-corrected chi connectivity index (χ4v) is 3.92. The second kappa shape index (κ2) is 7.49. The average Bonchev–Trinajstić information content (AvgIpc) is 3.41. The maximum absolute atomic E-state index is 13.2. The van der Waals surface area contributed by atoms with Gasteiger partial charge in [-0.25, -0.2) is 4.98 Å². The van der Waals surface area contributed by atoms with Crippen molar-refractivity contribution >= 4 is 22.4 Å². The molecule has 0 atom stereocenters. The molecule has 0 saturated carbocycles. The summed E-state index contributed by atoms with van der Waals surface area (Å²) < 4.78 is 3.61. The van der Waals surface area contributed by atoms with Crippen LogP contribution in [0.1, 0.15) is 11.3 Å². The summed E-state index contributed by atoms with van der Waals surface area (Å²) in [6.45, 7) is 3.93. The van der Waals surface area contributed by atoms with Crippen molar-refractivity contribution in [3.05, 3.63) is 76.6 Å². The van der Waals surface area contributed by atoms with Crippen LogP contribution >= 0.6 is 0 Å². The molecule has 0 unspecified atom stereocenters. The molecule has 5 aromatic rings. The average molecular weight is 425 g/mol. The molecule has 8 nitrogen and oxygen atoms in total. The first-order valence-corrected chi connectivity index (χ1v) is 10.3. The van der Waals surface area contributed by atoms with Crippen LogP contribution in [0.4, 0.5) is 11.5 Å². The van der Waals surface area contributed by atoms with Crippen molar-refractivity contribution < 1.29 is 0 Å². The Bertz CT molecular complexity index is 1520. The maximum atomic E-state index is 13.2. The number of imidazole rings is 1. The molecule has 160 valence electrons. The van der Waals surface area contributed by atoms with Gasteiger partial charge < -0.3 is 14.5 Å². The molecule has 0 spiro atoms. The highest BCUT2D eigenvalue weighted by Crippen LogP contribution is 2.28. The maximum Gasteiger partial charge on any atom is 0.258 e. The van der Waals surface area contributed by atoms with Crippen LogP contribution < -0.4 is 10.9 Å².